The number of unbranched alkanes of at least 4 members (excludes halogenated alkanes) is 16. The van der Waals surface area contributed by atoms with Gasteiger partial charge < -0.3 is 50.4 Å². The van der Waals surface area contributed by atoms with Crippen LogP contribution < -0.4 is 21.3 Å². The number of nitrogens with one attached hydrogen (secondary N) is 4. The number of ether oxygens (including phenoxy) is 4. The molecule has 0 unspecified atom stereocenters. The highest BCUT2D eigenvalue weighted by Crippen LogP contribution is 2.13. The first-order chi connectivity index (χ1) is 28.5. The summed E-state index contributed by atoms with van der Waals surface area (Å²) in [7, 11) is 0. The molecule has 59 heavy (non-hydrogen) atoms. The van der Waals surface area contributed by atoms with E-state index in [1.807, 2.05) is 6.92 Å². The van der Waals surface area contributed by atoms with E-state index in [0.717, 1.165) is 45.4 Å². The molecule has 348 valence electrons. The average Bonchev–Trinajstić information content (AvgIpc) is 3.19. The van der Waals surface area contributed by atoms with E-state index in [1.54, 1.807) is 0 Å². The van der Waals surface area contributed by atoms with Crippen LogP contribution >= 0.6 is 0 Å². The Labute approximate surface area is 355 Å². The summed E-state index contributed by atoms with van der Waals surface area (Å²) in [6, 6.07) is 0. The highest BCUT2D eigenvalue weighted by atomic mass is 16.5. The molecular weight excluding hydrogens is 764 g/mol. The van der Waals surface area contributed by atoms with Crippen LogP contribution in [0.2, 0.25) is 0 Å². The Morgan fingerprint density at radius 2 is 0.763 bits per heavy atom. The quantitative estimate of drug-likeness (QED) is 0.0395. The smallest absolute Gasteiger partial charge is 0.303 e. The van der Waals surface area contributed by atoms with Gasteiger partial charge in [0.15, 0.2) is 0 Å². The second-order valence-electron chi connectivity index (χ2n) is 14.2. The zero-order valence-corrected chi connectivity index (χ0v) is 37.3. The number of amides is 4. The number of carboxylic acids is 2. The molecule has 16 heteroatoms. The maximum atomic E-state index is 12.0. The Morgan fingerprint density at radius 3 is 1.17 bits per heavy atom. The van der Waals surface area contributed by atoms with Crippen molar-refractivity contribution >= 4 is 35.6 Å². The fourth-order valence-corrected chi connectivity index (χ4v) is 5.12. The Morgan fingerprint density at radius 1 is 0.390 bits per heavy atom. The van der Waals surface area contributed by atoms with Crippen molar-refractivity contribution in [3.63, 3.8) is 0 Å². The first-order valence-electron chi connectivity index (χ1n) is 22.3. The second kappa shape index (κ2) is 50.8. The minimum Gasteiger partial charge on any atom is -0.481 e. The van der Waals surface area contributed by atoms with E-state index in [-0.39, 0.29) is 50.0 Å². The molecule has 0 aliphatic carbocycles. The maximum absolute atomic E-state index is 12.0. The third kappa shape index (κ3) is 61.5. The molecule has 0 saturated carbocycles. The minimum absolute atomic E-state index is 0.0127. The van der Waals surface area contributed by atoms with Crippen molar-refractivity contribution in [2.24, 2.45) is 0 Å². The van der Waals surface area contributed by atoms with Crippen LogP contribution in [0.25, 0.3) is 0 Å². The number of carbonyl (C=O) groups is 6. The van der Waals surface area contributed by atoms with Crippen molar-refractivity contribution in [2.45, 2.75) is 163 Å². The lowest BCUT2D eigenvalue weighted by molar-refractivity contribution is -0.137. The van der Waals surface area contributed by atoms with Crippen LogP contribution in [0.3, 0.4) is 0 Å². The van der Waals surface area contributed by atoms with Crippen molar-refractivity contribution in [3.05, 3.63) is 0 Å². The molecule has 0 aliphatic rings. The average molecular weight is 849 g/mol. The van der Waals surface area contributed by atoms with E-state index < -0.39 is 11.9 Å². The zero-order chi connectivity index (χ0) is 44.5. The molecule has 0 atom stereocenters. The van der Waals surface area contributed by atoms with Crippen LogP contribution in [-0.2, 0) is 47.7 Å². The minimum atomic E-state index is -0.833. The van der Waals surface area contributed by atoms with Gasteiger partial charge in [0.2, 0.25) is 23.6 Å². The predicted molar refractivity (Wildman–Crippen MR) is 230 cm³/mol. The van der Waals surface area contributed by atoms with Crippen LogP contribution in [0.1, 0.15) is 163 Å². The number of hydrogen-bond acceptors (Lipinski definition) is 10. The largest absolute Gasteiger partial charge is 0.481 e. The van der Waals surface area contributed by atoms with Crippen molar-refractivity contribution in [3.8, 4) is 0 Å². The highest BCUT2D eigenvalue weighted by molar-refractivity contribution is 5.84. The summed E-state index contributed by atoms with van der Waals surface area (Å²) in [6.45, 7) is 10.4. The van der Waals surface area contributed by atoms with Gasteiger partial charge in [-0.15, -0.1) is 0 Å². The van der Waals surface area contributed by atoms with Crippen molar-refractivity contribution in [1.82, 2.24) is 21.3 Å². The standard InChI is InChI=1S/C36H70N4O8.C5H10O2.C2H4O2/c1-3-5-7-8-9-10-11-12-13-14-15-16-17-18-19-20-33(41)40-30-34(42)38-22-24-45-26-29-48-32-36(44)39-23-25-46-27-28-47-31-35(43)37-21-6-4-2;1-2-3-4-5(6)7;1-2(3)4/h3-32H2,1-2H3,(H,37,43)(H,38,42)(H,39,44)(H,40,41);2-4H2,1H3,(H,6,7);1H3,(H,3,4). The number of hydrogen-bond donors (Lipinski definition) is 6. The van der Waals surface area contributed by atoms with E-state index >= 15 is 0 Å². The normalized spacial score (nSPS) is 10.4. The molecule has 0 aromatic heterocycles. The lowest BCUT2D eigenvalue weighted by Crippen LogP contribution is -2.38. The van der Waals surface area contributed by atoms with Crippen molar-refractivity contribution in [2.75, 3.05) is 79.0 Å². The summed E-state index contributed by atoms with van der Waals surface area (Å²) in [5.41, 5.74) is 0. The molecule has 0 aliphatic heterocycles. The molecule has 0 bridgehead atoms. The van der Waals surface area contributed by atoms with Gasteiger partial charge in [0.05, 0.1) is 46.2 Å². The number of aliphatic carboxylic acids is 2. The predicted octanol–water partition coefficient (Wildman–Crippen LogP) is 5.93. The Hall–Kier alpha value is -3.34. The van der Waals surface area contributed by atoms with E-state index in [0.29, 0.717) is 65.5 Å². The summed E-state index contributed by atoms with van der Waals surface area (Å²) < 4.78 is 21.3. The van der Waals surface area contributed by atoms with Crippen LogP contribution in [0, 0.1) is 0 Å². The topological polar surface area (TPSA) is 228 Å². The van der Waals surface area contributed by atoms with E-state index in [9.17, 15) is 24.0 Å². The van der Waals surface area contributed by atoms with Crippen LogP contribution in [-0.4, -0.2) is 125 Å². The van der Waals surface area contributed by atoms with Gasteiger partial charge in [-0.3, -0.25) is 28.8 Å². The van der Waals surface area contributed by atoms with Crippen LogP contribution in [0.4, 0.5) is 0 Å². The summed E-state index contributed by atoms with van der Waals surface area (Å²) in [5.74, 6) is -2.26. The van der Waals surface area contributed by atoms with Gasteiger partial charge in [-0.05, 0) is 19.3 Å². The molecule has 0 aromatic carbocycles. The monoisotopic (exact) mass is 849 g/mol. The molecule has 0 aromatic rings. The van der Waals surface area contributed by atoms with Gasteiger partial charge in [-0.2, -0.15) is 0 Å². The summed E-state index contributed by atoms with van der Waals surface area (Å²) in [4.78, 5) is 66.0. The van der Waals surface area contributed by atoms with Crippen molar-refractivity contribution in [1.29, 1.82) is 0 Å². The lowest BCUT2D eigenvalue weighted by atomic mass is 10.0. The molecule has 0 rings (SSSR count). The summed E-state index contributed by atoms with van der Waals surface area (Å²) in [6.07, 6.45) is 23.8. The first kappa shape index (κ1) is 60.0. The van der Waals surface area contributed by atoms with Gasteiger partial charge in [0.25, 0.3) is 5.97 Å². The molecular formula is C43H84N4O12. The Bertz CT molecular complexity index is 1000. The van der Waals surface area contributed by atoms with Crippen LogP contribution in [0.15, 0.2) is 0 Å². The van der Waals surface area contributed by atoms with Gasteiger partial charge in [-0.1, -0.05) is 124 Å². The first-order valence-corrected chi connectivity index (χ1v) is 22.3. The van der Waals surface area contributed by atoms with Gasteiger partial charge in [0, 0.05) is 39.4 Å². The van der Waals surface area contributed by atoms with Gasteiger partial charge in [0.1, 0.15) is 13.2 Å². The molecule has 16 nitrogen and oxygen atoms in total. The molecule has 0 spiro atoms. The second-order valence-corrected chi connectivity index (χ2v) is 14.2. The van der Waals surface area contributed by atoms with Crippen LogP contribution in [0.5, 0.6) is 0 Å². The zero-order valence-electron chi connectivity index (χ0n) is 37.3. The Balaban J connectivity index is -0.00000249. The van der Waals surface area contributed by atoms with E-state index in [1.165, 1.54) is 83.5 Å². The fourth-order valence-electron chi connectivity index (χ4n) is 5.12. The molecule has 4 amide bonds. The molecule has 0 heterocycles. The van der Waals surface area contributed by atoms with Gasteiger partial charge in [-0.25, -0.2) is 0 Å². The third-order valence-electron chi connectivity index (χ3n) is 8.40. The van der Waals surface area contributed by atoms with E-state index in [2.05, 4.69) is 35.1 Å². The third-order valence-corrected chi connectivity index (χ3v) is 8.40. The molecule has 0 fully saturated rings. The molecule has 0 radical (unpaired) electrons. The number of carbonyl (C=O) groups excluding carboxylic acids is 4. The Kier molecular flexibility index (Phi) is 51.6. The SMILES string of the molecule is CC(=O)O.CCCCC(=O)O.CCCCCCCCCCCCCCCCCC(=O)NCC(=O)NCCOCCOCC(=O)NCCOCCOCC(=O)NCCCC. The van der Waals surface area contributed by atoms with Crippen molar-refractivity contribution < 1.29 is 57.9 Å². The number of carboxylic acid groups (broad SMARTS) is 2. The van der Waals surface area contributed by atoms with E-state index in [4.69, 9.17) is 34.0 Å². The molecule has 6 N–H and O–H groups in total. The highest BCUT2D eigenvalue weighted by Gasteiger charge is 2.06. The summed E-state index contributed by atoms with van der Waals surface area (Å²) in [5, 5.41) is 26.3. The maximum Gasteiger partial charge on any atom is 0.303 e. The number of rotatable bonds is 40. The molecule has 0 saturated heterocycles. The lowest BCUT2D eigenvalue weighted by Gasteiger charge is -2.09. The fraction of sp³-hybridized carbons (Fsp3) is 0.860. The summed E-state index contributed by atoms with van der Waals surface area (Å²) >= 11 is 0. The van der Waals surface area contributed by atoms with Gasteiger partial charge >= 0.3 is 5.97 Å².